The molecule has 128 valence electrons. The summed E-state index contributed by atoms with van der Waals surface area (Å²) in [5.74, 6) is 0.0396. The van der Waals surface area contributed by atoms with Gasteiger partial charge in [0, 0.05) is 13.1 Å². The highest BCUT2D eigenvalue weighted by atomic mass is 32.2. The van der Waals surface area contributed by atoms with E-state index in [1.54, 1.807) is 12.1 Å². The summed E-state index contributed by atoms with van der Waals surface area (Å²) in [7, 11) is -3.26. The van der Waals surface area contributed by atoms with Crippen molar-refractivity contribution < 1.29 is 17.6 Å². The fourth-order valence-electron chi connectivity index (χ4n) is 2.52. The van der Waals surface area contributed by atoms with Crippen LogP contribution in [-0.4, -0.2) is 33.8 Å². The molecular formula is C15H22FN3O3S. The Hall–Kier alpha value is -1.67. The Bertz CT molecular complexity index is 630. The predicted octanol–water partition coefficient (Wildman–Crippen LogP) is 1.52. The molecule has 0 aliphatic heterocycles. The molecule has 1 aliphatic rings. The van der Waals surface area contributed by atoms with Gasteiger partial charge < -0.3 is 10.6 Å². The maximum Gasteiger partial charge on any atom is 0.315 e. The number of rotatable bonds is 7. The topological polar surface area (TPSA) is 87.3 Å². The van der Waals surface area contributed by atoms with E-state index in [-0.39, 0.29) is 31.0 Å². The highest BCUT2D eigenvalue weighted by Gasteiger charge is 2.29. The van der Waals surface area contributed by atoms with Crippen LogP contribution in [0.4, 0.5) is 9.18 Å². The number of benzene rings is 1. The normalized spacial score (nSPS) is 16.4. The lowest BCUT2D eigenvalue weighted by atomic mass is 9.77. The van der Waals surface area contributed by atoms with Crippen molar-refractivity contribution in [1.82, 2.24) is 15.4 Å². The molecule has 2 rings (SSSR count). The number of carbonyl (C=O) groups is 1. The third-order valence-electron chi connectivity index (χ3n) is 3.91. The zero-order valence-corrected chi connectivity index (χ0v) is 13.8. The summed E-state index contributed by atoms with van der Waals surface area (Å²) in [5.41, 5.74) is 0.875. The summed E-state index contributed by atoms with van der Waals surface area (Å²) in [4.78, 5) is 12.0. The number of hydrogen-bond acceptors (Lipinski definition) is 3. The molecule has 0 saturated heterocycles. The van der Waals surface area contributed by atoms with Crippen molar-refractivity contribution in [3.8, 4) is 0 Å². The molecule has 1 atom stereocenters. The number of hydrogen-bond donors (Lipinski definition) is 3. The van der Waals surface area contributed by atoms with Crippen molar-refractivity contribution in [3.63, 3.8) is 0 Å². The molecule has 1 saturated carbocycles. The Labute approximate surface area is 135 Å². The molecule has 0 heterocycles. The van der Waals surface area contributed by atoms with Crippen LogP contribution in [0.2, 0.25) is 0 Å². The van der Waals surface area contributed by atoms with Crippen molar-refractivity contribution in [2.45, 2.75) is 25.3 Å². The fourth-order valence-corrected chi connectivity index (χ4v) is 2.99. The quantitative estimate of drug-likeness (QED) is 0.656. The molecule has 1 aromatic rings. The van der Waals surface area contributed by atoms with Gasteiger partial charge in [0.05, 0.1) is 12.3 Å². The van der Waals surface area contributed by atoms with Crippen LogP contribution in [-0.2, 0) is 10.0 Å². The van der Waals surface area contributed by atoms with Gasteiger partial charge in [-0.25, -0.2) is 22.3 Å². The highest BCUT2D eigenvalue weighted by Crippen LogP contribution is 2.37. The van der Waals surface area contributed by atoms with Gasteiger partial charge in [0.15, 0.2) is 0 Å². The molecule has 1 fully saturated rings. The first-order valence-electron chi connectivity index (χ1n) is 7.59. The zero-order chi connectivity index (χ0) is 16.9. The standard InChI is InChI=1S/C15H22FN3O3S/c1-23(21,22)18-10-9-17-15(20)19-14(11-3-2-4-11)12-5-7-13(16)8-6-12/h5-8,11,14,18H,2-4,9-10H2,1H3,(H2,17,19,20). The first-order chi connectivity index (χ1) is 10.8. The van der Waals surface area contributed by atoms with Gasteiger partial charge in [-0.3, -0.25) is 0 Å². The second kappa shape index (κ2) is 7.74. The Morgan fingerprint density at radius 1 is 1.26 bits per heavy atom. The number of sulfonamides is 1. The molecule has 3 N–H and O–H groups in total. The van der Waals surface area contributed by atoms with Crippen LogP contribution in [0.1, 0.15) is 30.9 Å². The van der Waals surface area contributed by atoms with Crippen molar-refractivity contribution in [1.29, 1.82) is 0 Å². The molecule has 0 radical (unpaired) electrons. The Morgan fingerprint density at radius 2 is 1.91 bits per heavy atom. The van der Waals surface area contributed by atoms with Gasteiger partial charge in [-0.15, -0.1) is 0 Å². The number of nitrogens with one attached hydrogen (secondary N) is 3. The Balaban J connectivity index is 1.87. The van der Waals surface area contributed by atoms with Crippen LogP contribution in [0.3, 0.4) is 0 Å². The van der Waals surface area contributed by atoms with Gasteiger partial charge in [0.1, 0.15) is 5.82 Å². The minimum absolute atomic E-state index is 0.136. The van der Waals surface area contributed by atoms with Crippen LogP contribution >= 0.6 is 0 Å². The maximum atomic E-state index is 13.1. The number of urea groups is 1. The lowest BCUT2D eigenvalue weighted by molar-refractivity contribution is 0.208. The number of halogens is 1. The molecule has 23 heavy (non-hydrogen) atoms. The maximum absolute atomic E-state index is 13.1. The summed E-state index contributed by atoms with van der Waals surface area (Å²) in [6, 6.07) is 5.62. The third-order valence-corrected chi connectivity index (χ3v) is 4.64. The van der Waals surface area contributed by atoms with Gasteiger partial charge >= 0.3 is 6.03 Å². The molecular weight excluding hydrogens is 321 g/mol. The highest BCUT2D eigenvalue weighted by molar-refractivity contribution is 7.88. The molecule has 6 nitrogen and oxygen atoms in total. The molecule has 2 amide bonds. The van der Waals surface area contributed by atoms with E-state index in [0.29, 0.717) is 5.92 Å². The van der Waals surface area contributed by atoms with Gasteiger partial charge in [-0.1, -0.05) is 18.6 Å². The van der Waals surface area contributed by atoms with Crippen molar-refractivity contribution in [2.24, 2.45) is 5.92 Å². The summed E-state index contributed by atoms with van der Waals surface area (Å²) in [5, 5.41) is 5.52. The smallest absolute Gasteiger partial charge is 0.315 e. The van der Waals surface area contributed by atoms with Crippen LogP contribution < -0.4 is 15.4 Å². The first kappa shape index (κ1) is 17.7. The zero-order valence-electron chi connectivity index (χ0n) is 13.0. The van der Waals surface area contributed by atoms with E-state index in [1.165, 1.54) is 12.1 Å². The van der Waals surface area contributed by atoms with Gasteiger partial charge in [-0.2, -0.15) is 0 Å². The molecule has 1 aliphatic carbocycles. The minimum atomic E-state index is -3.26. The summed E-state index contributed by atoms with van der Waals surface area (Å²) < 4.78 is 37.2. The first-order valence-corrected chi connectivity index (χ1v) is 9.49. The fraction of sp³-hybridized carbons (Fsp3) is 0.533. The average molecular weight is 343 g/mol. The number of amides is 2. The van der Waals surface area contributed by atoms with Crippen molar-refractivity contribution in [2.75, 3.05) is 19.3 Å². The number of carbonyl (C=O) groups excluding carboxylic acids is 1. The molecule has 0 aromatic heterocycles. The third kappa shape index (κ3) is 5.80. The van der Waals surface area contributed by atoms with Crippen LogP contribution in [0.25, 0.3) is 0 Å². The van der Waals surface area contributed by atoms with E-state index in [4.69, 9.17) is 0 Å². The minimum Gasteiger partial charge on any atom is -0.337 e. The van der Waals surface area contributed by atoms with E-state index in [1.807, 2.05) is 0 Å². The van der Waals surface area contributed by atoms with E-state index in [9.17, 15) is 17.6 Å². The van der Waals surface area contributed by atoms with Crippen LogP contribution in [0, 0.1) is 11.7 Å². The predicted molar refractivity (Wildman–Crippen MR) is 85.9 cm³/mol. The van der Waals surface area contributed by atoms with Crippen LogP contribution in [0.5, 0.6) is 0 Å². The molecule has 0 spiro atoms. The second-order valence-electron chi connectivity index (χ2n) is 5.79. The second-order valence-corrected chi connectivity index (χ2v) is 7.62. The average Bonchev–Trinajstić information content (AvgIpc) is 2.41. The molecule has 1 aromatic carbocycles. The van der Waals surface area contributed by atoms with E-state index < -0.39 is 10.0 Å². The van der Waals surface area contributed by atoms with E-state index >= 15 is 0 Å². The molecule has 8 heteroatoms. The lowest BCUT2D eigenvalue weighted by Crippen LogP contribution is -2.44. The SMILES string of the molecule is CS(=O)(=O)NCCNC(=O)NC(c1ccc(F)cc1)C1CCC1. The summed E-state index contributed by atoms with van der Waals surface area (Å²) >= 11 is 0. The summed E-state index contributed by atoms with van der Waals surface area (Å²) in [6.45, 7) is 0.330. The van der Waals surface area contributed by atoms with Crippen molar-refractivity contribution >= 4 is 16.1 Å². The Kier molecular flexibility index (Phi) is 5.95. The van der Waals surface area contributed by atoms with Gasteiger partial charge in [0.2, 0.25) is 10.0 Å². The molecule has 0 bridgehead atoms. The van der Waals surface area contributed by atoms with E-state index in [0.717, 1.165) is 31.1 Å². The van der Waals surface area contributed by atoms with E-state index in [2.05, 4.69) is 15.4 Å². The monoisotopic (exact) mass is 343 g/mol. The lowest BCUT2D eigenvalue weighted by Gasteiger charge is -2.34. The van der Waals surface area contributed by atoms with Crippen molar-refractivity contribution in [3.05, 3.63) is 35.6 Å². The van der Waals surface area contributed by atoms with Gasteiger partial charge in [-0.05, 0) is 36.5 Å². The Morgan fingerprint density at radius 3 is 2.43 bits per heavy atom. The summed E-state index contributed by atoms with van der Waals surface area (Å²) in [6.07, 6.45) is 4.24. The largest absolute Gasteiger partial charge is 0.337 e. The van der Waals surface area contributed by atoms with Gasteiger partial charge in [0.25, 0.3) is 0 Å². The molecule has 1 unspecified atom stereocenters. The van der Waals surface area contributed by atoms with Crippen LogP contribution in [0.15, 0.2) is 24.3 Å².